The summed E-state index contributed by atoms with van der Waals surface area (Å²) >= 11 is 0. The van der Waals surface area contributed by atoms with E-state index in [1.165, 1.54) is 17.7 Å². The number of halogens is 1. The Kier molecular flexibility index (Phi) is 5.69. The first-order chi connectivity index (χ1) is 14.4. The highest BCUT2D eigenvalue weighted by atomic mass is 19.1. The molecule has 160 valence electrons. The van der Waals surface area contributed by atoms with Gasteiger partial charge in [0.05, 0.1) is 14.2 Å². The third-order valence-electron chi connectivity index (χ3n) is 6.75. The van der Waals surface area contributed by atoms with Gasteiger partial charge < -0.3 is 19.7 Å². The van der Waals surface area contributed by atoms with Crippen LogP contribution in [-0.2, 0) is 5.41 Å². The zero-order valence-electron chi connectivity index (χ0n) is 17.8. The van der Waals surface area contributed by atoms with Crippen molar-refractivity contribution in [2.75, 3.05) is 34.4 Å². The van der Waals surface area contributed by atoms with Crippen LogP contribution in [0.5, 0.6) is 11.5 Å². The van der Waals surface area contributed by atoms with Crippen molar-refractivity contribution >= 4 is 5.91 Å². The first-order valence-corrected chi connectivity index (χ1v) is 10.4. The Morgan fingerprint density at radius 1 is 1.17 bits per heavy atom. The number of rotatable bonds is 5. The van der Waals surface area contributed by atoms with Gasteiger partial charge in [-0.15, -0.1) is 0 Å². The second-order valence-corrected chi connectivity index (χ2v) is 8.57. The summed E-state index contributed by atoms with van der Waals surface area (Å²) in [7, 11) is 5.46. The van der Waals surface area contributed by atoms with Crippen LogP contribution >= 0.6 is 0 Å². The summed E-state index contributed by atoms with van der Waals surface area (Å²) < 4.78 is 24.4. The van der Waals surface area contributed by atoms with Gasteiger partial charge in [0.15, 0.2) is 11.5 Å². The van der Waals surface area contributed by atoms with E-state index < -0.39 is 5.82 Å². The topological polar surface area (TPSA) is 50.8 Å². The molecule has 1 aliphatic heterocycles. The summed E-state index contributed by atoms with van der Waals surface area (Å²) in [4.78, 5) is 15.0. The van der Waals surface area contributed by atoms with E-state index in [4.69, 9.17) is 9.47 Å². The summed E-state index contributed by atoms with van der Waals surface area (Å²) in [5.41, 5.74) is 1.67. The van der Waals surface area contributed by atoms with Gasteiger partial charge in [-0.3, -0.25) is 4.79 Å². The summed E-state index contributed by atoms with van der Waals surface area (Å²) in [6.07, 6.45) is 2.77. The van der Waals surface area contributed by atoms with Gasteiger partial charge in [-0.2, -0.15) is 0 Å². The van der Waals surface area contributed by atoms with Crippen molar-refractivity contribution in [3.8, 4) is 11.5 Å². The van der Waals surface area contributed by atoms with Gasteiger partial charge in [-0.05, 0) is 68.1 Å². The molecule has 1 saturated heterocycles. The van der Waals surface area contributed by atoms with Gasteiger partial charge in [-0.25, -0.2) is 4.39 Å². The van der Waals surface area contributed by atoms with E-state index >= 15 is 0 Å². The Balaban J connectivity index is 1.54. The number of carbonyl (C=O) groups excluding carboxylic acids is 1. The third-order valence-corrected chi connectivity index (χ3v) is 6.75. The van der Waals surface area contributed by atoms with Crippen molar-refractivity contribution in [1.29, 1.82) is 0 Å². The second kappa shape index (κ2) is 8.26. The third kappa shape index (κ3) is 3.76. The van der Waals surface area contributed by atoms with Crippen LogP contribution in [0.4, 0.5) is 4.39 Å². The lowest BCUT2D eigenvalue weighted by molar-refractivity contribution is 0.0904. The minimum absolute atomic E-state index is 0.0361. The van der Waals surface area contributed by atoms with Gasteiger partial charge in [0.25, 0.3) is 5.91 Å². The van der Waals surface area contributed by atoms with Crippen LogP contribution in [0, 0.1) is 11.7 Å². The van der Waals surface area contributed by atoms with Crippen LogP contribution in [0.2, 0.25) is 0 Å². The fourth-order valence-electron chi connectivity index (χ4n) is 5.35. The lowest BCUT2D eigenvalue weighted by atomic mass is 9.63. The zero-order valence-corrected chi connectivity index (χ0v) is 17.8. The standard InChI is InChI=1S/C24H29FN2O3/c1-27-14-18-12-20(26-23(28)16-5-4-6-19(25)11-16)9-10-24(18,15-27)17-7-8-21(29-2)22(13-17)30-3/h4-8,11,13,18,20H,9-10,12,14-15H2,1-3H3,(H,26,28). The maximum Gasteiger partial charge on any atom is 0.251 e. The highest BCUT2D eigenvalue weighted by Gasteiger charge is 2.50. The van der Waals surface area contributed by atoms with Crippen molar-refractivity contribution in [2.45, 2.75) is 30.7 Å². The van der Waals surface area contributed by atoms with E-state index in [2.05, 4.69) is 29.4 Å². The molecule has 0 aromatic heterocycles. The minimum Gasteiger partial charge on any atom is -0.493 e. The first-order valence-electron chi connectivity index (χ1n) is 10.4. The fraction of sp³-hybridized carbons (Fsp3) is 0.458. The Morgan fingerprint density at radius 2 is 1.97 bits per heavy atom. The van der Waals surface area contributed by atoms with Crippen molar-refractivity contribution in [3.63, 3.8) is 0 Å². The highest BCUT2D eigenvalue weighted by molar-refractivity contribution is 5.94. The van der Waals surface area contributed by atoms with Crippen molar-refractivity contribution in [2.24, 2.45) is 5.92 Å². The molecule has 30 heavy (non-hydrogen) atoms. The van der Waals surface area contributed by atoms with Crippen LogP contribution in [0.15, 0.2) is 42.5 Å². The quantitative estimate of drug-likeness (QED) is 0.815. The Bertz CT molecular complexity index is 934. The van der Waals surface area contributed by atoms with Crippen LogP contribution in [0.3, 0.4) is 0 Å². The normalized spacial score (nSPS) is 26.1. The number of carbonyl (C=O) groups is 1. The molecule has 1 heterocycles. The second-order valence-electron chi connectivity index (χ2n) is 8.57. The summed E-state index contributed by atoms with van der Waals surface area (Å²) in [6, 6.07) is 12.2. The zero-order chi connectivity index (χ0) is 21.3. The number of methoxy groups -OCH3 is 2. The lowest BCUT2D eigenvalue weighted by Gasteiger charge is -2.43. The average Bonchev–Trinajstić information content (AvgIpc) is 3.09. The fourth-order valence-corrected chi connectivity index (χ4v) is 5.35. The molecule has 2 aliphatic rings. The first kappa shape index (κ1) is 20.7. The smallest absolute Gasteiger partial charge is 0.251 e. The molecule has 4 rings (SSSR count). The minimum atomic E-state index is -0.392. The molecular weight excluding hydrogens is 383 g/mol. The van der Waals surface area contributed by atoms with Gasteiger partial charge >= 0.3 is 0 Å². The van der Waals surface area contributed by atoms with E-state index in [1.54, 1.807) is 26.4 Å². The molecule has 1 saturated carbocycles. The summed E-state index contributed by atoms with van der Waals surface area (Å²) in [5, 5.41) is 3.13. The Morgan fingerprint density at radius 3 is 2.70 bits per heavy atom. The van der Waals surface area contributed by atoms with E-state index in [9.17, 15) is 9.18 Å². The molecule has 1 aliphatic carbocycles. The predicted molar refractivity (Wildman–Crippen MR) is 114 cm³/mol. The predicted octanol–water partition coefficient (Wildman–Crippen LogP) is 3.62. The number of likely N-dealkylation sites (N-methyl/N-ethyl adjacent to an activating group) is 1. The van der Waals surface area contributed by atoms with E-state index in [1.807, 2.05) is 6.07 Å². The molecule has 1 N–H and O–H groups in total. The number of fused-ring (bicyclic) bond motifs is 1. The van der Waals surface area contributed by atoms with Crippen LogP contribution in [0.1, 0.15) is 35.2 Å². The Hall–Kier alpha value is -2.60. The molecule has 6 heteroatoms. The molecule has 0 radical (unpaired) electrons. The van der Waals surface area contributed by atoms with Gasteiger partial charge in [0.1, 0.15) is 5.82 Å². The molecular formula is C24H29FN2O3. The Labute approximate surface area is 177 Å². The highest BCUT2D eigenvalue weighted by Crippen LogP contribution is 2.49. The summed E-state index contributed by atoms with van der Waals surface area (Å²) in [5.74, 6) is 1.31. The molecule has 3 atom stereocenters. The molecule has 0 spiro atoms. The lowest BCUT2D eigenvalue weighted by Crippen LogP contribution is -2.47. The number of likely N-dealkylation sites (tertiary alicyclic amines) is 1. The van der Waals surface area contributed by atoms with Crippen LogP contribution in [-0.4, -0.2) is 51.2 Å². The average molecular weight is 413 g/mol. The number of benzene rings is 2. The van der Waals surface area contributed by atoms with E-state index in [-0.39, 0.29) is 17.4 Å². The number of nitrogens with one attached hydrogen (secondary N) is 1. The number of hydrogen-bond acceptors (Lipinski definition) is 4. The van der Waals surface area contributed by atoms with E-state index in [0.29, 0.717) is 11.5 Å². The maximum atomic E-state index is 13.5. The largest absolute Gasteiger partial charge is 0.493 e. The van der Waals surface area contributed by atoms with Crippen LogP contribution in [0.25, 0.3) is 0 Å². The van der Waals surface area contributed by atoms with Crippen molar-refractivity contribution in [3.05, 3.63) is 59.4 Å². The number of nitrogens with zero attached hydrogens (tertiary/aromatic N) is 1. The SMILES string of the molecule is COc1ccc(C23CCC(NC(=O)c4cccc(F)c4)CC2CN(C)C3)cc1OC. The molecule has 2 aromatic rings. The number of ether oxygens (including phenoxy) is 2. The number of hydrogen-bond donors (Lipinski definition) is 1. The van der Waals surface area contributed by atoms with Gasteiger partial charge in [-0.1, -0.05) is 12.1 Å². The molecule has 3 unspecified atom stereocenters. The molecule has 0 bridgehead atoms. The van der Waals surface area contributed by atoms with Crippen molar-refractivity contribution in [1.82, 2.24) is 10.2 Å². The molecule has 1 amide bonds. The maximum absolute atomic E-state index is 13.5. The molecule has 5 nitrogen and oxygen atoms in total. The van der Waals surface area contributed by atoms with Gasteiger partial charge in [0.2, 0.25) is 0 Å². The van der Waals surface area contributed by atoms with Gasteiger partial charge in [0, 0.05) is 30.1 Å². The van der Waals surface area contributed by atoms with Crippen LogP contribution < -0.4 is 14.8 Å². The monoisotopic (exact) mass is 412 g/mol. The van der Waals surface area contributed by atoms with Crippen molar-refractivity contribution < 1.29 is 18.7 Å². The van der Waals surface area contributed by atoms with E-state index in [0.717, 1.165) is 43.9 Å². The molecule has 2 fully saturated rings. The summed E-state index contributed by atoms with van der Waals surface area (Å²) in [6.45, 7) is 1.97. The number of amides is 1. The molecule has 2 aromatic carbocycles.